The van der Waals surface area contributed by atoms with Crippen molar-refractivity contribution in [1.82, 2.24) is 14.5 Å². The fraction of sp³-hybridized carbons (Fsp3) is 0.417. The minimum absolute atomic E-state index is 0.0379. The van der Waals surface area contributed by atoms with E-state index in [0.717, 1.165) is 30.5 Å². The lowest BCUT2D eigenvalue weighted by atomic mass is 10.2. The second-order valence-corrected chi connectivity index (χ2v) is 4.93. The van der Waals surface area contributed by atoms with Crippen LogP contribution in [0.5, 0.6) is 0 Å². The molecule has 1 saturated heterocycles. The van der Waals surface area contributed by atoms with Crippen molar-refractivity contribution < 1.29 is 0 Å². The molecule has 5 heteroatoms. The summed E-state index contributed by atoms with van der Waals surface area (Å²) in [5.74, 6) is 0. The molecular formula is C12H14ClN3O. The molecule has 0 spiro atoms. The van der Waals surface area contributed by atoms with Gasteiger partial charge in [-0.3, -0.25) is 9.13 Å². The van der Waals surface area contributed by atoms with Crippen LogP contribution in [-0.2, 0) is 7.05 Å². The molecule has 2 heterocycles. The van der Waals surface area contributed by atoms with E-state index in [2.05, 4.69) is 5.32 Å². The Morgan fingerprint density at radius 2 is 2.24 bits per heavy atom. The van der Waals surface area contributed by atoms with Gasteiger partial charge in [-0.25, -0.2) is 4.79 Å². The largest absolute Gasteiger partial charge is 0.329 e. The maximum Gasteiger partial charge on any atom is 0.329 e. The lowest BCUT2D eigenvalue weighted by molar-refractivity contribution is 0.535. The van der Waals surface area contributed by atoms with Crippen LogP contribution in [0.25, 0.3) is 11.0 Å². The number of halogens is 1. The summed E-state index contributed by atoms with van der Waals surface area (Å²) in [4.78, 5) is 12.2. The summed E-state index contributed by atoms with van der Waals surface area (Å²) < 4.78 is 3.55. The first-order valence-electron chi connectivity index (χ1n) is 5.75. The third kappa shape index (κ3) is 1.59. The number of benzene rings is 1. The van der Waals surface area contributed by atoms with Crippen LogP contribution < -0.4 is 11.0 Å². The van der Waals surface area contributed by atoms with Gasteiger partial charge < -0.3 is 5.32 Å². The Labute approximate surface area is 104 Å². The van der Waals surface area contributed by atoms with Crippen LogP contribution in [0.3, 0.4) is 0 Å². The second kappa shape index (κ2) is 3.89. The molecule has 0 amide bonds. The first kappa shape index (κ1) is 10.9. The Morgan fingerprint density at radius 1 is 1.41 bits per heavy atom. The van der Waals surface area contributed by atoms with Crippen molar-refractivity contribution in [1.29, 1.82) is 0 Å². The molecule has 1 unspecified atom stereocenters. The molecule has 0 aliphatic carbocycles. The maximum atomic E-state index is 12.2. The lowest BCUT2D eigenvalue weighted by Gasteiger charge is -2.10. The quantitative estimate of drug-likeness (QED) is 0.835. The van der Waals surface area contributed by atoms with Crippen LogP contribution in [-0.4, -0.2) is 22.2 Å². The van der Waals surface area contributed by atoms with E-state index in [0.29, 0.717) is 5.02 Å². The summed E-state index contributed by atoms with van der Waals surface area (Å²) >= 11 is 5.97. The first-order valence-corrected chi connectivity index (χ1v) is 6.13. The number of nitrogens with zero attached hydrogens (tertiary/aromatic N) is 2. The highest BCUT2D eigenvalue weighted by atomic mass is 35.5. The second-order valence-electron chi connectivity index (χ2n) is 4.49. The standard InChI is InChI=1S/C12H14ClN3O/c1-15-11-6-8(13)2-3-10(11)16(12(15)17)9-4-5-14-7-9/h2-3,6,9,14H,4-5,7H2,1H3. The molecule has 1 fully saturated rings. The summed E-state index contributed by atoms with van der Waals surface area (Å²) in [6, 6.07) is 5.86. The van der Waals surface area contributed by atoms with Gasteiger partial charge >= 0.3 is 5.69 Å². The number of aromatic nitrogens is 2. The molecule has 1 aliphatic heterocycles. The van der Waals surface area contributed by atoms with E-state index in [4.69, 9.17) is 11.6 Å². The fourth-order valence-electron chi connectivity index (χ4n) is 2.55. The van der Waals surface area contributed by atoms with Crippen molar-refractivity contribution in [3.05, 3.63) is 33.7 Å². The molecule has 4 nitrogen and oxygen atoms in total. The Balaban J connectivity index is 2.30. The van der Waals surface area contributed by atoms with E-state index < -0.39 is 0 Å². The number of fused-ring (bicyclic) bond motifs is 1. The van der Waals surface area contributed by atoms with Gasteiger partial charge in [0.15, 0.2) is 0 Å². The Hall–Kier alpha value is -1.26. The van der Waals surface area contributed by atoms with Crippen molar-refractivity contribution >= 4 is 22.6 Å². The highest BCUT2D eigenvalue weighted by Gasteiger charge is 2.22. The third-order valence-electron chi connectivity index (χ3n) is 3.45. The van der Waals surface area contributed by atoms with Gasteiger partial charge in [-0.05, 0) is 31.2 Å². The van der Waals surface area contributed by atoms with Gasteiger partial charge in [0.2, 0.25) is 0 Å². The summed E-state index contributed by atoms with van der Waals surface area (Å²) in [6.07, 6.45) is 1.00. The van der Waals surface area contributed by atoms with Gasteiger partial charge in [-0.1, -0.05) is 11.6 Å². The molecule has 0 radical (unpaired) electrons. The minimum Gasteiger partial charge on any atom is -0.315 e. The molecule has 1 atom stereocenters. The molecule has 3 rings (SSSR count). The summed E-state index contributed by atoms with van der Waals surface area (Å²) in [7, 11) is 1.79. The van der Waals surface area contributed by atoms with E-state index in [1.807, 2.05) is 22.8 Å². The van der Waals surface area contributed by atoms with Crippen LogP contribution in [0.15, 0.2) is 23.0 Å². The van der Waals surface area contributed by atoms with E-state index in [1.165, 1.54) is 0 Å². The van der Waals surface area contributed by atoms with Crippen molar-refractivity contribution in [2.45, 2.75) is 12.5 Å². The van der Waals surface area contributed by atoms with E-state index in [9.17, 15) is 4.79 Å². The number of hydrogen-bond donors (Lipinski definition) is 1. The van der Waals surface area contributed by atoms with Crippen LogP contribution in [0.2, 0.25) is 5.02 Å². The molecule has 0 bridgehead atoms. The van der Waals surface area contributed by atoms with Gasteiger partial charge in [0, 0.05) is 18.6 Å². The van der Waals surface area contributed by atoms with Gasteiger partial charge in [0.1, 0.15) is 0 Å². The Bertz CT molecular complexity index is 622. The number of hydrogen-bond acceptors (Lipinski definition) is 2. The van der Waals surface area contributed by atoms with Crippen LogP contribution >= 0.6 is 11.6 Å². The Kier molecular flexibility index (Phi) is 2.49. The molecule has 1 aliphatic rings. The average Bonchev–Trinajstić information content (AvgIpc) is 2.90. The Morgan fingerprint density at radius 3 is 2.94 bits per heavy atom. The molecular weight excluding hydrogens is 238 g/mol. The van der Waals surface area contributed by atoms with Crippen LogP contribution in [0.1, 0.15) is 12.5 Å². The van der Waals surface area contributed by atoms with Crippen molar-refractivity contribution in [3.63, 3.8) is 0 Å². The topological polar surface area (TPSA) is 39.0 Å². The van der Waals surface area contributed by atoms with Crippen LogP contribution in [0, 0.1) is 0 Å². The molecule has 2 aromatic rings. The summed E-state index contributed by atoms with van der Waals surface area (Å²) in [5, 5.41) is 3.95. The molecule has 0 saturated carbocycles. The first-order chi connectivity index (χ1) is 8.18. The normalized spacial score (nSPS) is 20.2. The zero-order valence-corrected chi connectivity index (χ0v) is 10.4. The predicted octanol–water partition coefficient (Wildman–Crippen LogP) is 1.53. The highest BCUT2D eigenvalue weighted by molar-refractivity contribution is 6.31. The zero-order chi connectivity index (χ0) is 12.0. The molecule has 1 aromatic carbocycles. The molecule has 1 N–H and O–H groups in total. The highest BCUT2D eigenvalue weighted by Crippen LogP contribution is 2.23. The third-order valence-corrected chi connectivity index (χ3v) is 3.69. The van der Waals surface area contributed by atoms with E-state index >= 15 is 0 Å². The summed E-state index contributed by atoms with van der Waals surface area (Å²) in [6.45, 7) is 1.84. The molecule has 17 heavy (non-hydrogen) atoms. The number of nitrogens with one attached hydrogen (secondary N) is 1. The average molecular weight is 252 g/mol. The molecule has 90 valence electrons. The van der Waals surface area contributed by atoms with Gasteiger partial charge in [-0.2, -0.15) is 0 Å². The van der Waals surface area contributed by atoms with Crippen molar-refractivity contribution in [2.24, 2.45) is 7.05 Å². The fourth-order valence-corrected chi connectivity index (χ4v) is 2.72. The number of aryl methyl sites for hydroxylation is 1. The van der Waals surface area contributed by atoms with Gasteiger partial charge in [-0.15, -0.1) is 0 Å². The number of rotatable bonds is 1. The monoisotopic (exact) mass is 251 g/mol. The SMILES string of the molecule is Cn1c(=O)n(C2CCNC2)c2ccc(Cl)cc21. The summed E-state index contributed by atoms with van der Waals surface area (Å²) in [5.41, 5.74) is 1.90. The van der Waals surface area contributed by atoms with Gasteiger partial charge in [0.05, 0.1) is 17.1 Å². The lowest BCUT2D eigenvalue weighted by Crippen LogP contribution is -2.27. The van der Waals surface area contributed by atoms with E-state index in [-0.39, 0.29) is 11.7 Å². The van der Waals surface area contributed by atoms with Gasteiger partial charge in [0.25, 0.3) is 0 Å². The minimum atomic E-state index is 0.0379. The zero-order valence-electron chi connectivity index (χ0n) is 9.61. The number of imidazole rings is 1. The maximum absolute atomic E-state index is 12.2. The predicted molar refractivity (Wildman–Crippen MR) is 68.7 cm³/mol. The smallest absolute Gasteiger partial charge is 0.315 e. The van der Waals surface area contributed by atoms with Crippen molar-refractivity contribution in [2.75, 3.05) is 13.1 Å². The van der Waals surface area contributed by atoms with E-state index in [1.54, 1.807) is 11.6 Å². The van der Waals surface area contributed by atoms with Crippen molar-refractivity contribution in [3.8, 4) is 0 Å². The molecule has 1 aromatic heterocycles. The van der Waals surface area contributed by atoms with Crippen LogP contribution in [0.4, 0.5) is 0 Å².